The first-order chi connectivity index (χ1) is 8.81. The number of alkyl halides is 3. The molecule has 1 saturated carbocycles. The zero-order valence-electron chi connectivity index (χ0n) is 11.2. The number of hydrogen-bond acceptors (Lipinski definition) is 4. The van der Waals surface area contributed by atoms with Crippen LogP contribution in [-0.2, 0) is 0 Å². The molecule has 1 N–H and O–H groups in total. The first-order valence-corrected chi connectivity index (χ1v) is 6.16. The Morgan fingerprint density at radius 1 is 1.32 bits per heavy atom. The molecule has 1 aliphatic rings. The minimum Gasteiger partial charge on any atom is -0.373 e. The molecule has 0 amide bonds. The third-order valence-electron chi connectivity index (χ3n) is 3.09. The summed E-state index contributed by atoms with van der Waals surface area (Å²) in [5.74, 6) is 1.88. The van der Waals surface area contributed by atoms with Crippen molar-refractivity contribution in [2.24, 2.45) is 0 Å². The Morgan fingerprint density at radius 3 is 2.42 bits per heavy atom. The molecule has 0 radical (unpaired) electrons. The van der Waals surface area contributed by atoms with Crippen molar-refractivity contribution in [2.45, 2.75) is 31.9 Å². The maximum absolute atomic E-state index is 12.5. The Labute approximate surface area is 110 Å². The number of anilines is 2. The van der Waals surface area contributed by atoms with E-state index in [-0.39, 0.29) is 0 Å². The average Bonchev–Trinajstić information content (AvgIpc) is 3.10. The lowest BCUT2D eigenvalue weighted by Crippen LogP contribution is -2.32. The molecule has 0 saturated heterocycles. The molecule has 0 unspecified atom stereocenters. The van der Waals surface area contributed by atoms with Gasteiger partial charge in [-0.25, -0.2) is 9.97 Å². The number of nitrogens with one attached hydrogen (secondary N) is 1. The van der Waals surface area contributed by atoms with Gasteiger partial charge in [0.2, 0.25) is 0 Å². The second-order valence-corrected chi connectivity index (χ2v) is 4.87. The molecule has 0 aromatic carbocycles. The molecule has 0 bridgehead atoms. The SMILES string of the molecule is CNc1nc(C2CC2)nc(N(C)CC(F)(F)F)c1C. The molecular weight excluding hydrogens is 257 g/mol. The van der Waals surface area contributed by atoms with Crippen LogP contribution in [0.1, 0.15) is 30.1 Å². The van der Waals surface area contributed by atoms with Gasteiger partial charge in [-0.05, 0) is 19.8 Å². The number of nitrogens with zero attached hydrogens (tertiary/aromatic N) is 3. The smallest absolute Gasteiger partial charge is 0.373 e. The highest BCUT2D eigenvalue weighted by molar-refractivity contribution is 5.58. The molecule has 0 atom stereocenters. The van der Waals surface area contributed by atoms with E-state index in [1.54, 1.807) is 14.0 Å². The predicted molar refractivity (Wildman–Crippen MR) is 67.6 cm³/mol. The normalized spacial score (nSPS) is 15.5. The quantitative estimate of drug-likeness (QED) is 0.916. The van der Waals surface area contributed by atoms with Gasteiger partial charge in [0.05, 0.1) is 0 Å². The van der Waals surface area contributed by atoms with Crippen molar-refractivity contribution in [2.75, 3.05) is 30.9 Å². The number of hydrogen-bond donors (Lipinski definition) is 1. The Balaban J connectivity index is 2.34. The van der Waals surface area contributed by atoms with Gasteiger partial charge in [-0.2, -0.15) is 13.2 Å². The van der Waals surface area contributed by atoms with Gasteiger partial charge in [-0.3, -0.25) is 0 Å². The van der Waals surface area contributed by atoms with Crippen molar-refractivity contribution in [3.63, 3.8) is 0 Å². The van der Waals surface area contributed by atoms with Crippen molar-refractivity contribution in [3.8, 4) is 0 Å². The molecule has 1 aliphatic carbocycles. The Hall–Kier alpha value is -1.53. The van der Waals surface area contributed by atoms with Crippen molar-refractivity contribution in [1.82, 2.24) is 9.97 Å². The minimum absolute atomic E-state index is 0.297. The fourth-order valence-corrected chi connectivity index (χ4v) is 2.00. The van der Waals surface area contributed by atoms with E-state index in [0.717, 1.165) is 17.7 Å². The lowest BCUT2D eigenvalue weighted by molar-refractivity contribution is -0.119. The van der Waals surface area contributed by atoms with Crippen LogP contribution >= 0.6 is 0 Å². The molecule has 1 heterocycles. The van der Waals surface area contributed by atoms with Gasteiger partial charge in [0.1, 0.15) is 24.0 Å². The maximum Gasteiger partial charge on any atom is 0.405 e. The summed E-state index contributed by atoms with van der Waals surface area (Å²) >= 11 is 0. The summed E-state index contributed by atoms with van der Waals surface area (Å²) in [5.41, 5.74) is 0.638. The molecule has 2 rings (SSSR count). The van der Waals surface area contributed by atoms with Crippen LogP contribution in [0.5, 0.6) is 0 Å². The van der Waals surface area contributed by atoms with E-state index in [1.165, 1.54) is 7.05 Å². The summed E-state index contributed by atoms with van der Waals surface area (Å²) in [6.07, 6.45) is -2.23. The van der Waals surface area contributed by atoms with Gasteiger partial charge in [-0.1, -0.05) is 0 Å². The van der Waals surface area contributed by atoms with E-state index < -0.39 is 12.7 Å². The highest BCUT2D eigenvalue weighted by atomic mass is 19.4. The van der Waals surface area contributed by atoms with Crippen LogP contribution < -0.4 is 10.2 Å². The summed E-state index contributed by atoms with van der Waals surface area (Å²) < 4.78 is 37.4. The summed E-state index contributed by atoms with van der Waals surface area (Å²) in [5, 5.41) is 2.92. The molecule has 19 heavy (non-hydrogen) atoms. The molecule has 1 aromatic heterocycles. The molecule has 0 aliphatic heterocycles. The third kappa shape index (κ3) is 3.27. The Morgan fingerprint density at radius 2 is 1.95 bits per heavy atom. The molecule has 1 fully saturated rings. The topological polar surface area (TPSA) is 41.1 Å². The molecule has 7 heteroatoms. The molecule has 0 spiro atoms. The molecule has 106 valence electrons. The fraction of sp³-hybridized carbons (Fsp3) is 0.667. The largest absolute Gasteiger partial charge is 0.405 e. The van der Waals surface area contributed by atoms with E-state index >= 15 is 0 Å². The first kappa shape index (κ1) is 13.9. The van der Waals surface area contributed by atoms with Crippen molar-refractivity contribution in [1.29, 1.82) is 0 Å². The van der Waals surface area contributed by atoms with Crippen LogP contribution in [-0.4, -0.2) is 36.8 Å². The maximum atomic E-state index is 12.5. The predicted octanol–water partition coefficient (Wildman–Crippen LogP) is 2.70. The number of aromatic nitrogens is 2. The lowest BCUT2D eigenvalue weighted by Gasteiger charge is -2.23. The number of rotatable bonds is 4. The molecule has 4 nitrogen and oxygen atoms in total. The second kappa shape index (κ2) is 4.86. The molecular formula is C12H17F3N4. The second-order valence-electron chi connectivity index (χ2n) is 4.87. The lowest BCUT2D eigenvalue weighted by atomic mass is 10.2. The van der Waals surface area contributed by atoms with Crippen LogP contribution in [0.2, 0.25) is 0 Å². The van der Waals surface area contributed by atoms with Gasteiger partial charge in [-0.15, -0.1) is 0 Å². The standard InChI is InChI=1S/C12H17F3N4/c1-7-9(16-2)17-10(8-4-5-8)18-11(7)19(3)6-12(13,14)15/h8H,4-6H2,1-3H3,(H,16,17,18). The van der Waals surface area contributed by atoms with Gasteiger partial charge in [0, 0.05) is 25.6 Å². The zero-order chi connectivity index (χ0) is 14.2. The highest BCUT2D eigenvalue weighted by Crippen LogP contribution is 2.40. The third-order valence-corrected chi connectivity index (χ3v) is 3.09. The summed E-state index contributed by atoms with van der Waals surface area (Å²) in [6, 6.07) is 0. The van der Waals surface area contributed by atoms with Crippen molar-refractivity contribution in [3.05, 3.63) is 11.4 Å². The van der Waals surface area contributed by atoms with Crippen LogP contribution in [0.4, 0.5) is 24.8 Å². The van der Waals surface area contributed by atoms with Crippen molar-refractivity contribution < 1.29 is 13.2 Å². The average molecular weight is 274 g/mol. The molecule has 1 aromatic rings. The fourth-order valence-electron chi connectivity index (χ4n) is 2.00. The van der Waals surface area contributed by atoms with Crippen LogP contribution in [0, 0.1) is 6.92 Å². The monoisotopic (exact) mass is 274 g/mol. The minimum atomic E-state index is -4.24. The zero-order valence-corrected chi connectivity index (χ0v) is 11.2. The summed E-state index contributed by atoms with van der Waals surface area (Å²) in [6.45, 7) is 0.711. The van der Waals surface area contributed by atoms with Gasteiger partial charge in [0.15, 0.2) is 0 Å². The Bertz CT molecular complexity index is 469. The van der Waals surface area contributed by atoms with E-state index in [0.29, 0.717) is 28.9 Å². The number of halogens is 3. The van der Waals surface area contributed by atoms with Crippen LogP contribution in [0.3, 0.4) is 0 Å². The van der Waals surface area contributed by atoms with Crippen LogP contribution in [0.15, 0.2) is 0 Å². The van der Waals surface area contributed by atoms with Gasteiger partial charge < -0.3 is 10.2 Å². The van der Waals surface area contributed by atoms with E-state index in [2.05, 4.69) is 15.3 Å². The first-order valence-electron chi connectivity index (χ1n) is 6.16. The van der Waals surface area contributed by atoms with Crippen molar-refractivity contribution >= 4 is 11.6 Å². The van der Waals surface area contributed by atoms with E-state index in [9.17, 15) is 13.2 Å². The van der Waals surface area contributed by atoms with Gasteiger partial charge in [0.25, 0.3) is 0 Å². The Kier molecular flexibility index (Phi) is 3.56. The summed E-state index contributed by atoms with van der Waals surface area (Å²) in [7, 11) is 3.11. The van der Waals surface area contributed by atoms with Gasteiger partial charge >= 0.3 is 6.18 Å². The van der Waals surface area contributed by atoms with E-state index in [1.807, 2.05) is 0 Å². The highest BCUT2D eigenvalue weighted by Gasteiger charge is 2.32. The van der Waals surface area contributed by atoms with Crippen LogP contribution in [0.25, 0.3) is 0 Å². The summed E-state index contributed by atoms with van der Waals surface area (Å²) in [4.78, 5) is 9.79. The van der Waals surface area contributed by atoms with E-state index in [4.69, 9.17) is 0 Å².